The number of amides is 2. The first-order valence-electron chi connectivity index (χ1n) is 10.7. The van der Waals surface area contributed by atoms with Gasteiger partial charge in [-0.2, -0.15) is 5.10 Å². The van der Waals surface area contributed by atoms with Crippen molar-refractivity contribution in [3.8, 4) is 0 Å². The second-order valence-electron chi connectivity index (χ2n) is 9.22. The number of nitrogens with one attached hydrogen (secondary N) is 3. The minimum Gasteiger partial charge on any atom is -0.338 e. The van der Waals surface area contributed by atoms with Crippen molar-refractivity contribution < 1.29 is 4.79 Å². The number of rotatable bonds is 9. The second kappa shape index (κ2) is 10.3. The third-order valence-corrected chi connectivity index (χ3v) is 5.82. The molecule has 2 amide bonds. The van der Waals surface area contributed by atoms with Crippen LogP contribution in [0.3, 0.4) is 0 Å². The lowest BCUT2D eigenvalue weighted by Crippen LogP contribution is -2.56. The number of nitrogens with zero attached hydrogens (tertiary/aromatic N) is 3. The Morgan fingerprint density at radius 3 is 2.86 bits per heavy atom. The van der Waals surface area contributed by atoms with E-state index in [1.807, 2.05) is 18.1 Å². The van der Waals surface area contributed by atoms with Crippen LogP contribution < -0.4 is 10.6 Å². The highest BCUT2D eigenvalue weighted by Crippen LogP contribution is 2.36. The minimum atomic E-state index is -0.123. The maximum atomic E-state index is 12.9. The number of likely N-dealkylation sites (tertiary alicyclic amines) is 1. The number of aromatic amines is 1. The zero-order valence-electron chi connectivity index (χ0n) is 18.6. The molecule has 2 rings (SSSR count). The third-order valence-electron chi connectivity index (χ3n) is 5.82. The summed E-state index contributed by atoms with van der Waals surface area (Å²) >= 11 is 0. The van der Waals surface area contributed by atoms with Crippen LogP contribution in [0, 0.1) is 5.92 Å². The molecule has 1 aliphatic rings. The summed E-state index contributed by atoms with van der Waals surface area (Å²) in [5, 5.41) is 13.9. The van der Waals surface area contributed by atoms with Crippen molar-refractivity contribution in [1.82, 2.24) is 30.6 Å². The summed E-state index contributed by atoms with van der Waals surface area (Å²) in [5.74, 6) is 0.897. The van der Waals surface area contributed by atoms with E-state index in [9.17, 15) is 4.79 Å². The molecule has 28 heavy (non-hydrogen) atoms. The molecule has 0 aliphatic carbocycles. The van der Waals surface area contributed by atoms with Gasteiger partial charge in [0.1, 0.15) is 0 Å². The molecule has 7 nitrogen and oxygen atoms in total. The molecule has 0 spiro atoms. The number of carbonyl (C=O) groups is 1. The summed E-state index contributed by atoms with van der Waals surface area (Å²) in [5.41, 5.74) is 2.30. The Kier molecular flexibility index (Phi) is 8.31. The van der Waals surface area contributed by atoms with Crippen LogP contribution in [0.2, 0.25) is 0 Å². The molecule has 1 aromatic rings. The molecule has 1 fully saturated rings. The van der Waals surface area contributed by atoms with Gasteiger partial charge in [-0.25, -0.2) is 4.79 Å². The van der Waals surface area contributed by atoms with Crippen LogP contribution in [-0.2, 0) is 6.54 Å². The van der Waals surface area contributed by atoms with Gasteiger partial charge in [-0.15, -0.1) is 0 Å². The molecule has 0 bridgehead atoms. The van der Waals surface area contributed by atoms with E-state index in [0.717, 1.165) is 52.0 Å². The standard InChI is InChI=1S/C21H40N6O/c1-16(2)8-10-23-20(28)27-15-17(7-9-21(27,3)4)19-18(13-24-25-19)14-26(6)12-11-22-5/h13,16-17,22H,7-12,14-15H2,1-6H3,(H,23,28)(H,24,25). The molecule has 0 saturated carbocycles. The fourth-order valence-corrected chi connectivity index (χ4v) is 3.85. The van der Waals surface area contributed by atoms with Crippen LogP contribution in [0.15, 0.2) is 6.20 Å². The quantitative estimate of drug-likeness (QED) is 0.604. The smallest absolute Gasteiger partial charge is 0.317 e. The molecular weight excluding hydrogens is 352 g/mol. The van der Waals surface area contributed by atoms with E-state index in [1.165, 1.54) is 11.3 Å². The SMILES string of the molecule is CNCCN(C)Cc1cn[nH]c1C1CCC(C)(C)N(C(=O)NCCC(C)C)C1. The zero-order valence-corrected chi connectivity index (χ0v) is 18.6. The number of hydrogen-bond acceptors (Lipinski definition) is 4. The van der Waals surface area contributed by atoms with Gasteiger partial charge in [0.05, 0.1) is 6.20 Å². The van der Waals surface area contributed by atoms with E-state index < -0.39 is 0 Å². The Bertz CT molecular complexity index is 612. The van der Waals surface area contributed by atoms with Crippen molar-refractivity contribution in [2.24, 2.45) is 5.92 Å². The lowest BCUT2D eigenvalue weighted by Gasteiger charge is -2.45. The van der Waals surface area contributed by atoms with E-state index >= 15 is 0 Å². The Hall–Kier alpha value is -1.60. The molecule has 1 unspecified atom stereocenters. The summed E-state index contributed by atoms with van der Waals surface area (Å²) in [4.78, 5) is 17.2. The lowest BCUT2D eigenvalue weighted by atomic mass is 9.82. The van der Waals surface area contributed by atoms with Crippen molar-refractivity contribution in [3.63, 3.8) is 0 Å². The molecule has 1 aliphatic heterocycles. The molecule has 1 atom stereocenters. The number of carbonyl (C=O) groups excluding carboxylic acids is 1. The average molecular weight is 393 g/mol. The van der Waals surface area contributed by atoms with Gasteiger partial charge in [-0.3, -0.25) is 5.10 Å². The van der Waals surface area contributed by atoms with Gasteiger partial charge in [0.15, 0.2) is 0 Å². The summed E-state index contributed by atoms with van der Waals surface area (Å²) < 4.78 is 0. The fraction of sp³-hybridized carbons (Fsp3) is 0.810. The Morgan fingerprint density at radius 2 is 2.18 bits per heavy atom. The Labute approximate surface area is 170 Å². The van der Waals surface area contributed by atoms with Crippen LogP contribution in [-0.4, -0.2) is 71.8 Å². The molecule has 3 N–H and O–H groups in total. The highest BCUT2D eigenvalue weighted by atomic mass is 16.2. The number of urea groups is 1. The molecule has 7 heteroatoms. The molecule has 160 valence electrons. The first-order valence-corrected chi connectivity index (χ1v) is 10.7. The molecular formula is C21H40N6O. The van der Waals surface area contributed by atoms with Crippen molar-refractivity contribution in [2.75, 3.05) is 40.3 Å². The summed E-state index contributed by atoms with van der Waals surface area (Å²) in [7, 11) is 4.11. The van der Waals surface area contributed by atoms with Gasteiger partial charge in [-0.05, 0) is 53.1 Å². The predicted molar refractivity (Wildman–Crippen MR) is 114 cm³/mol. The Morgan fingerprint density at radius 1 is 1.43 bits per heavy atom. The summed E-state index contributed by atoms with van der Waals surface area (Å²) in [6.07, 6.45) is 5.01. The van der Waals surface area contributed by atoms with Crippen LogP contribution in [0.25, 0.3) is 0 Å². The maximum Gasteiger partial charge on any atom is 0.317 e. The highest BCUT2D eigenvalue weighted by molar-refractivity contribution is 5.75. The van der Waals surface area contributed by atoms with Gasteiger partial charge in [-0.1, -0.05) is 13.8 Å². The van der Waals surface area contributed by atoms with Crippen molar-refractivity contribution in [1.29, 1.82) is 0 Å². The first-order chi connectivity index (χ1) is 13.2. The van der Waals surface area contributed by atoms with Crippen molar-refractivity contribution >= 4 is 6.03 Å². The van der Waals surface area contributed by atoms with Gasteiger partial charge in [0.25, 0.3) is 0 Å². The zero-order chi connectivity index (χ0) is 20.7. The van der Waals surface area contributed by atoms with Crippen LogP contribution in [0.1, 0.15) is 64.1 Å². The van der Waals surface area contributed by atoms with E-state index in [1.54, 1.807) is 0 Å². The average Bonchev–Trinajstić information content (AvgIpc) is 3.07. The largest absolute Gasteiger partial charge is 0.338 e. The van der Waals surface area contributed by atoms with Crippen LogP contribution >= 0.6 is 0 Å². The molecule has 2 heterocycles. The number of hydrogen-bond donors (Lipinski definition) is 3. The molecule has 0 radical (unpaired) electrons. The molecule has 0 aromatic carbocycles. The normalized spacial score (nSPS) is 19.4. The molecule has 1 saturated heterocycles. The Balaban J connectivity index is 2.03. The summed E-state index contributed by atoms with van der Waals surface area (Å²) in [6.45, 7) is 13.0. The van der Waals surface area contributed by atoms with E-state index in [2.05, 4.69) is 60.5 Å². The fourth-order valence-electron chi connectivity index (χ4n) is 3.85. The van der Waals surface area contributed by atoms with Crippen molar-refractivity contribution in [2.45, 2.75) is 65.0 Å². The van der Waals surface area contributed by atoms with Crippen molar-refractivity contribution in [3.05, 3.63) is 17.5 Å². The third kappa shape index (κ3) is 6.21. The summed E-state index contributed by atoms with van der Waals surface area (Å²) in [6, 6.07) is 0.0579. The number of piperidine rings is 1. The molecule has 1 aromatic heterocycles. The minimum absolute atomic E-state index is 0.0579. The lowest BCUT2D eigenvalue weighted by molar-refractivity contribution is 0.0909. The van der Waals surface area contributed by atoms with E-state index in [0.29, 0.717) is 11.8 Å². The number of aromatic nitrogens is 2. The van der Waals surface area contributed by atoms with Crippen LogP contribution in [0.5, 0.6) is 0 Å². The number of H-pyrrole nitrogens is 1. The van der Waals surface area contributed by atoms with Gasteiger partial charge >= 0.3 is 6.03 Å². The van der Waals surface area contributed by atoms with Gasteiger partial charge in [0, 0.05) is 55.4 Å². The number of likely N-dealkylation sites (N-methyl/N-ethyl adjacent to an activating group) is 2. The topological polar surface area (TPSA) is 76.3 Å². The van der Waals surface area contributed by atoms with Gasteiger partial charge in [0.2, 0.25) is 0 Å². The first kappa shape index (κ1) is 22.7. The highest BCUT2D eigenvalue weighted by Gasteiger charge is 2.38. The van der Waals surface area contributed by atoms with E-state index in [4.69, 9.17) is 0 Å². The van der Waals surface area contributed by atoms with Gasteiger partial charge < -0.3 is 20.4 Å². The van der Waals surface area contributed by atoms with E-state index in [-0.39, 0.29) is 11.6 Å². The second-order valence-corrected chi connectivity index (χ2v) is 9.22. The monoisotopic (exact) mass is 392 g/mol. The van der Waals surface area contributed by atoms with Crippen LogP contribution in [0.4, 0.5) is 4.79 Å². The predicted octanol–water partition coefficient (Wildman–Crippen LogP) is 2.77. The maximum absolute atomic E-state index is 12.9.